The maximum Gasteiger partial charge on any atom is 0.271 e. The summed E-state index contributed by atoms with van der Waals surface area (Å²) in [7, 11) is 1.62. The van der Waals surface area contributed by atoms with Gasteiger partial charge in [0.2, 0.25) is 0 Å². The van der Waals surface area contributed by atoms with Crippen molar-refractivity contribution in [1.82, 2.24) is 15.6 Å². The van der Waals surface area contributed by atoms with Crippen molar-refractivity contribution in [3.05, 3.63) is 65.9 Å². The molecule has 0 saturated heterocycles. The van der Waals surface area contributed by atoms with Crippen LogP contribution in [0.15, 0.2) is 59.8 Å². The summed E-state index contributed by atoms with van der Waals surface area (Å²) in [4.78, 5) is 12.0. The maximum absolute atomic E-state index is 12.0. The van der Waals surface area contributed by atoms with E-state index in [2.05, 4.69) is 20.7 Å². The number of nitrogens with zero attached hydrogens (tertiary/aromatic N) is 2. The summed E-state index contributed by atoms with van der Waals surface area (Å²) < 4.78 is 5.15. The minimum absolute atomic E-state index is 0.314. The fraction of sp³-hybridized carbons (Fsp3) is 0.0556. The van der Waals surface area contributed by atoms with Crippen molar-refractivity contribution in [2.75, 3.05) is 12.8 Å². The zero-order valence-corrected chi connectivity index (χ0v) is 13.6. The topological polar surface area (TPSA) is 105 Å². The van der Waals surface area contributed by atoms with E-state index in [9.17, 15) is 4.79 Å². The Hall–Kier alpha value is -3.61. The summed E-state index contributed by atoms with van der Waals surface area (Å²) in [5, 5.41) is 11.0. The third kappa shape index (κ3) is 3.84. The van der Waals surface area contributed by atoms with Crippen molar-refractivity contribution in [2.24, 2.45) is 5.10 Å². The van der Waals surface area contributed by atoms with E-state index < -0.39 is 0 Å². The lowest BCUT2D eigenvalue weighted by molar-refractivity contribution is 0.0955. The second-order valence-electron chi connectivity index (χ2n) is 5.25. The first-order valence-electron chi connectivity index (χ1n) is 7.54. The molecule has 3 aromatic rings. The highest BCUT2D eigenvalue weighted by Crippen LogP contribution is 2.22. The van der Waals surface area contributed by atoms with Crippen molar-refractivity contribution >= 4 is 17.8 Å². The van der Waals surface area contributed by atoms with Gasteiger partial charge in [0.15, 0.2) is 0 Å². The average molecular weight is 335 g/mol. The van der Waals surface area contributed by atoms with Crippen molar-refractivity contribution < 1.29 is 9.53 Å². The average Bonchev–Trinajstić information content (AvgIpc) is 3.11. The molecule has 0 radical (unpaired) electrons. The number of hydrazone groups is 1. The van der Waals surface area contributed by atoms with Crippen LogP contribution in [-0.2, 0) is 0 Å². The predicted octanol–water partition coefficient (Wildman–Crippen LogP) is 2.43. The molecular weight excluding hydrogens is 318 g/mol. The number of rotatable bonds is 5. The number of nitrogens with two attached hydrogens (primary N) is 1. The van der Waals surface area contributed by atoms with Crippen LogP contribution in [0.5, 0.6) is 5.75 Å². The number of amides is 1. The van der Waals surface area contributed by atoms with Crippen LogP contribution in [0, 0.1) is 0 Å². The standard InChI is InChI=1S/C18H17N5O2/c1-25-16-8-4-12(5-9-16)17-14(10-20-22-17)11-21-23-18(24)13-2-6-15(19)7-3-13/h2-11H,19H2,1H3,(H,20,22)(H,23,24). The third-order valence-corrected chi connectivity index (χ3v) is 3.59. The number of aromatic amines is 1. The third-order valence-electron chi connectivity index (χ3n) is 3.59. The van der Waals surface area contributed by atoms with E-state index in [-0.39, 0.29) is 5.91 Å². The highest BCUT2D eigenvalue weighted by atomic mass is 16.5. The number of carbonyl (C=O) groups excluding carboxylic acids is 1. The summed E-state index contributed by atoms with van der Waals surface area (Å²) in [5.41, 5.74) is 11.6. The smallest absolute Gasteiger partial charge is 0.271 e. The zero-order chi connectivity index (χ0) is 17.6. The lowest BCUT2D eigenvalue weighted by atomic mass is 10.1. The Bertz CT molecular complexity index is 883. The van der Waals surface area contributed by atoms with Gasteiger partial charge in [-0.1, -0.05) is 0 Å². The van der Waals surface area contributed by atoms with Crippen LogP contribution in [0.25, 0.3) is 11.3 Å². The number of ether oxygens (including phenoxy) is 1. The van der Waals surface area contributed by atoms with Gasteiger partial charge in [-0.25, -0.2) is 5.43 Å². The molecule has 25 heavy (non-hydrogen) atoms. The van der Waals surface area contributed by atoms with E-state index in [0.29, 0.717) is 11.3 Å². The number of benzene rings is 2. The molecule has 0 fully saturated rings. The summed E-state index contributed by atoms with van der Waals surface area (Å²) in [6, 6.07) is 14.2. The molecule has 1 aromatic heterocycles. The molecule has 1 heterocycles. The number of hydrogen-bond acceptors (Lipinski definition) is 5. The molecule has 7 heteroatoms. The van der Waals surface area contributed by atoms with Gasteiger partial charge < -0.3 is 10.5 Å². The normalized spacial score (nSPS) is 10.8. The van der Waals surface area contributed by atoms with Crippen molar-refractivity contribution in [3.8, 4) is 17.0 Å². The van der Waals surface area contributed by atoms with Crippen LogP contribution in [0.4, 0.5) is 5.69 Å². The van der Waals surface area contributed by atoms with E-state index in [1.54, 1.807) is 37.6 Å². The van der Waals surface area contributed by atoms with Gasteiger partial charge in [-0.3, -0.25) is 9.89 Å². The van der Waals surface area contributed by atoms with Gasteiger partial charge in [-0.15, -0.1) is 0 Å². The molecule has 126 valence electrons. The summed E-state index contributed by atoms with van der Waals surface area (Å²) in [5.74, 6) is 0.458. The first-order valence-corrected chi connectivity index (χ1v) is 7.54. The van der Waals surface area contributed by atoms with Crippen LogP contribution in [0.2, 0.25) is 0 Å². The lowest BCUT2D eigenvalue weighted by Gasteiger charge is -2.03. The molecule has 0 aliphatic heterocycles. The summed E-state index contributed by atoms with van der Waals surface area (Å²) >= 11 is 0. The Labute approximate surface area is 144 Å². The number of nitrogens with one attached hydrogen (secondary N) is 2. The lowest BCUT2D eigenvalue weighted by Crippen LogP contribution is -2.17. The summed E-state index contributed by atoms with van der Waals surface area (Å²) in [6.45, 7) is 0. The molecule has 0 aliphatic carbocycles. The van der Waals surface area contributed by atoms with Gasteiger partial charge in [-0.05, 0) is 48.5 Å². The van der Waals surface area contributed by atoms with E-state index in [1.165, 1.54) is 6.21 Å². The highest BCUT2D eigenvalue weighted by Gasteiger charge is 2.07. The number of nitrogen functional groups attached to an aromatic ring is 1. The second-order valence-corrected chi connectivity index (χ2v) is 5.25. The number of methoxy groups -OCH3 is 1. The predicted molar refractivity (Wildman–Crippen MR) is 96.5 cm³/mol. The highest BCUT2D eigenvalue weighted by molar-refractivity contribution is 5.95. The van der Waals surface area contributed by atoms with Crippen molar-refractivity contribution in [3.63, 3.8) is 0 Å². The fourth-order valence-electron chi connectivity index (χ4n) is 2.24. The number of aromatic nitrogens is 2. The maximum atomic E-state index is 12.0. The molecular formula is C18H17N5O2. The molecule has 1 amide bonds. The quantitative estimate of drug-likeness (QED) is 0.378. The number of hydrogen-bond donors (Lipinski definition) is 3. The number of H-pyrrole nitrogens is 1. The van der Waals surface area contributed by atoms with Crippen LogP contribution in [0.3, 0.4) is 0 Å². The van der Waals surface area contributed by atoms with Crippen LogP contribution >= 0.6 is 0 Å². The van der Waals surface area contributed by atoms with E-state index >= 15 is 0 Å². The molecule has 3 rings (SSSR count). The molecule has 0 atom stereocenters. The first kappa shape index (κ1) is 16.3. The van der Waals surface area contributed by atoms with Crippen molar-refractivity contribution in [1.29, 1.82) is 0 Å². The van der Waals surface area contributed by atoms with Gasteiger partial charge >= 0.3 is 0 Å². The molecule has 2 aromatic carbocycles. The van der Waals surface area contributed by atoms with Crippen LogP contribution < -0.4 is 15.9 Å². The Kier molecular flexibility index (Phi) is 4.75. The van der Waals surface area contributed by atoms with Gasteiger partial charge in [-0.2, -0.15) is 10.2 Å². The van der Waals surface area contributed by atoms with Gasteiger partial charge in [0.1, 0.15) is 5.75 Å². The molecule has 0 aliphatic rings. The summed E-state index contributed by atoms with van der Waals surface area (Å²) in [6.07, 6.45) is 3.18. The van der Waals surface area contributed by atoms with Crippen LogP contribution in [0.1, 0.15) is 15.9 Å². The van der Waals surface area contributed by atoms with Gasteiger partial charge in [0.25, 0.3) is 5.91 Å². The minimum Gasteiger partial charge on any atom is -0.497 e. The second kappa shape index (κ2) is 7.31. The Morgan fingerprint density at radius 2 is 1.92 bits per heavy atom. The Morgan fingerprint density at radius 3 is 2.60 bits per heavy atom. The molecule has 4 N–H and O–H groups in total. The molecule has 0 saturated carbocycles. The minimum atomic E-state index is -0.314. The first-order chi connectivity index (χ1) is 12.2. The number of carbonyl (C=O) groups is 1. The largest absolute Gasteiger partial charge is 0.497 e. The SMILES string of the molecule is COc1ccc(-c2[nH]ncc2C=NNC(=O)c2ccc(N)cc2)cc1. The Morgan fingerprint density at radius 1 is 1.20 bits per heavy atom. The van der Waals surface area contributed by atoms with Crippen LogP contribution in [-0.4, -0.2) is 29.4 Å². The molecule has 0 bridgehead atoms. The van der Waals surface area contributed by atoms with Crippen molar-refractivity contribution in [2.45, 2.75) is 0 Å². The fourth-order valence-corrected chi connectivity index (χ4v) is 2.24. The van der Waals surface area contributed by atoms with Gasteiger partial charge in [0, 0.05) is 22.4 Å². The number of anilines is 1. The zero-order valence-electron chi connectivity index (χ0n) is 13.6. The van der Waals surface area contributed by atoms with Gasteiger partial charge in [0.05, 0.1) is 25.2 Å². The Balaban J connectivity index is 1.71. The molecule has 0 spiro atoms. The van der Waals surface area contributed by atoms with E-state index in [0.717, 1.165) is 22.6 Å². The molecule has 0 unspecified atom stereocenters. The monoisotopic (exact) mass is 335 g/mol. The molecule has 7 nitrogen and oxygen atoms in total. The van der Waals surface area contributed by atoms with E-state index in [1.807, 2.05) is 24.3 Å². The van der Waals surface area contributed by atoms with E-state index in [4.69, 9.17) is 10.5 Å².